The number of hydrogen-bond donors (Lipinski definition) is 3. The maximum Gasteiger partial charge on any atom is 0.433 e. The zero-order valence-corrected chi connectivity index (χ0v) is 19.8. The third-order valence-electron chi connectivity index (χ3n) is 4.24. The van der Waals surface area contributed by atoms with Crippen LogP contribution in [0.3, 0.4) is 0 Å². The van der Waals surface area contributed by atoms with Gasteiger partial charge in [0.25, 0.3) is 5.91 Å². The first-order valence-electron chi connectivity index (χ1n) is 9.99. The zero-order valence-electron chi connectivity index (χ0n) is 19.0. The minimum absolute atomic E-state index is 0.110. The van der Waals surface area contributed by atoms with Gasteiger partial charge in [-0.2, -0.15) is 13.2 Å². The summed E-state index contributed by atoms with van der Waals surface area (Å²) in [6.07, 6.45) is -4.71. The van der Waals surface area contributed by atoms with E-state index in [4.69, 9.17) is 10.5 Å². The number of anilines is 2. The largest absolute Gasteiger partial charge is 0.443 e. The number of aromatic nitrogens is 2. The van der Waals surface area contributed by atoms with E-state index in [1.165, 1.54) is 19.1 Å². The molecule has 35 heavy (non-hydrogen) atoms. The summed E-state index contributed by atoms with van der Waals surface area (Å²) in [7, 11) is 0. The summed E-state index contributed by atoms with van der Waals surface area (Å²) in [5, 5.41) is 3.99. The lowest BCUT2D eigenvalue weighted by Crippen LogP contribution is -2.47. The molecule has 0 bridgehead atoms. The normalized spacial score (nSPS) is 14.5. The predicted molar refractivity (Wildman–Crippen MR) is 122 cm³/mol. The number of carbonyl (C=O) groups excluding carboxylic acids is 3. The Morgan fingerprint density at radius 2 is 1.86 bits per heavy atom. The number of fused-ring (bicyclic) bond motifs is 1. The first kappa shape index (κ1) is 25.8. The summed E-state index contributed by atoms with van der Waals surface area (Å²) >= 11 is 0.977. The lowest BCUT2D eigenvalue weighted by molar-refractivity contribution is -0.141. The van der Waals surface area contributed by atoms with E-state index in [9.17, 15) is 27.6 Å². The van der Waals surface area contributed by atoms with Crippen molar-refractivity contribution >= 4 is 46.6 Å². The zero-order chi connectivity index (χ0) is 26.1. The molecule has 0 fully saturated rings. The molecule has 0 atom stereocenters. The van der Waals surface area contributed by atoms with Crippen molar-refractivity contribution in [1.29, 1.82) is 0 Å². The van der Waals surface area contributed by atoms with Gasteiger partial charge in [-0.25, -0.2) is 25.2 Å². The second-order valence-electron chi connectivity index (χ2n) is 8.21. The van der Waals surface area contributed by atoms with Gasteiger partial charge in [0.15, 0.2) is 5.82 Å². The molecule has 0 radical (unpaired) electrons. The highest BCUT2D eigenvalue weighted by Crippen LogP contribution is 2.45. The predicted octanol–water partition coefficient (Wildman–Crippen LogP) is 3.66. The van der Waals surface area contributed by atoms with Crippen molar-refractivity contribution in [3.05, 3.63) is 47.0 Å². The molecule has 0 unspecified atom stereocenters. The lowest BCUT2D eigenvalue weighted by Gasteiger charge is -2.25. The van der Waals surface area contributed by atoms with Gasteiger partial charge in [0, 0.05) is 18.0 Å². The van der Waals surface area contributed by atoms with E-state index < -0.39 is 41.2 Å². The summed E-state index contributed by atoms with van der Waals surface area (Å²) in [5.41, 5.74) is 6.20. The summed E-state index contributed by atoms with van der Waals surface area (Å²) in [6, 6.07) is 5.28. The van der Waals surface area contributed by atoms with Crippen LogP contribution < -0.4 is 21.5 Å². The fraction of sp³-hybridized carbons (Fsp3) is 0.286. The van der Waals surface area contributed by atoms with Gasteiger partial charge >= 0.3 is 12.3 Å². The van der Waals surface area contributed by atoms with Crippen LogP contribution in [0, 0.1) is 0 Å². The molecule has 0 saturated heterocycles. The van der Waals surface area contributed by atoms with Crippen LogP contribution in [0.25, 0.3) is 5.57 Å². The molecule has 1 aliphatic heterocycles. The number of hydrazine groups is 1. The second kappa shape index (κ2) is 9.44. The average molecular weight is 510 g/mol. The number of thioether (sulfide) groups is 1. The quantitative estimate of drug-likeness (QED) is 0.420. The van der Waals surface area contributed by atoms with Gasteiger partial charge in [-0.15, -0.1) is 0 Å². The van der Waals surface area contributed by atoms with Gasteiger partial charge in [0.1, 0.15) is 16.9 Å². The number of rotatable bonds is 3. The molecule has 3 amide bonds. The minimum Gasteiger partial charge on any atom is -0.443 e. The lowest BCUT2D eigenvalue weighted by atomic mass is 10.2. The first-order chi connectivity index (χ1) is 16.2. The van der Waals surface area contributed by atoms with Crippen LogP contribution >= 0.6 is 11.8 Å². The van der Waals surface area contributed by atoms with Gasteiger partial charge in [-0.05, 0) is 45.0 Å². The number of alkyl halides is 3. The van der Waals surface area contributed by atoms with Crippen molar-refractivity contribution in [2.45, 2.75) is 44.4 Å². The van der Waals surface area contributed by atoms with Gasteiger partial charge in [-0.3, -0.25) is 9.59 Å². The van der Waals surface area contributed by atoms with Crippen LogP contribution in [0.4, 0.5) is 29.3 Å². The van der Waals surface area contributed by atoms with E-state index in [1.54, 1.807) is 26.8 Å². The number of primary amides is 1. The van der Waals surface area contributed by atoms with Gasteiger partial charge in [0.05, 0.1) is 16.4 Å². The number of amides is 3. The van der Waals surface area contributed by atoms with Gasteiger partial charge in [-0.1, -0.05) is 11.8 Å². The summed E-state index contributed by atoms with van der Waals surface area (Å²) in [6.45, 7) is 6.24. The number of ether oxygens (including phenoxy) is 1. The van der Waals surface area contributed by atoms with E-state index in [2.05, 4.69) is 20.7 Å². The van der Waals surface area contributed by atoms with Crippen LogP contribution in [-0.4, -0.2) is 33.5 Å². The van der Waals surface area contributed by atoms with E-state index in [-0.39, 0.29) is 16.3 Å². The summed E-state index contributed by atoms with van der Waals surface area (Å²) in [5.74, 6) is -2.05. The first-order valence-corrected chi connectivity index (χ1v) is 10.8. The summed E-state index contributed by atoms with van der Waals surface area (Å²) in [4.78, 5) is 44.2. The average Bonchev–Trinajstić information content (AvgIpc) is 3.12. The number of nitrogens with one attached hydrogen (secondary N) is 2. The molecule has 4 N–H and O–H groups in total. The molecule has 0 spiro atoms. The minimum atomic E-state index is -4.74. The Balaban J connectivity index is 1.94. The van der Waals surface area contributed by atoms with Crippen molar-refractivity contribution in [2.75, 3.05) is 10.3 Å². The third-order valence-corrected chi connectivity index (χ3v) is 5.31. The number of nitrogens with two attached hydrogens (primary N) is 1. The van der Waals surface area contributed by atoms with E-state index in [0.29, 0.717) is 16.6 Å². The van der Waals surface area contributed by atoms with Crippen LogP contribution in [0.1, 0.15) is 39.2 Å². The van der Waals surface area contributed by atoms with Crippen molar-refractivity contribution in [3.8, 4) is 0 Å². The highest BCUT2D eigenvalue weighted by atomic mass is 32.2. The molecule has 14 heteroatoms. The van der Waals surface area contributed by atoms with Crippen LogP contribution in [0.2, 0.25) is 0 Å². The Kier molecular flexibility index (Phi) is 6.96. The maximum absolute atomic E-state index is 13.1. The fourth-order valence-electron chi connectivity index (χ4n) is 2.89. The fourth-order valence-corrected chi connectivity index (χ4v) is 3.97. The van der Waals surface area contributed by atoms with Crippen LogP contribution in [-0.2, 0) is 20.5 Å². The molecule has 3 rings (SSSR count). The Hall–Kier alpha value is -3.81. The van der Waals surface area contributed by atoms with Gasteiger partial charge in [0.2, 0.25) is 5.91 Å². The molecular formula is C21H21F3N6O4S. The van der Waals surface area contributed by atoms with E-state index in [0.717, 1.165) is 23.0 Å². The number of benzene rings is 1. The molecule has 2 heterocycles. The van der Waals surface area contributed by atoms with E-state index >= 15 is 0 Å². The number of halogens is 3. The Labute approximate surface area is 202 Å². The van der Waals surface area contributed by atoms with Crippen molar-refractivity contribution < 1.29 is 32.3 Å². The molecule has 186 valence electrons. The highest BCUT2D eigenvalue weighted by molar-refractivity contribution is 8.04. The molecular weight excluding hydrogens is 489 g/mol. The topological polar surface area (TPSA) is 140 Å². The number of nitrogens with zero attached hydrogens (tertiary/aromatic N) is 3. The SMILES string of the molecule is CC(=O)N(NC(=O)OC(C)(C)C)c1ccc2c(c1)SC(=C(C(N)=O)c1nccc(C(F)(F)F)n1)N2. The van der Waals surface area contributed by atoms with Crippen molar-refractivity contribution in [1.82, 2.24) is 15.4 Å². The van der Waals surface area contributed by atoms with Crippen molar-refractivity contribution in [3.63, 3.8) is 0 Å². The maximum atomic E-state index is 13.1. The second-order valence-corrected chi connectivity index (χ2v) is 9.26. The Bertz CT molecular complexity index is 1230. The molecule has 1 aromatic heterocycles. The third kappa shape index (κ3) is 6.20. The standard InChI is InChI=1S/C21H21F3N6O4S/c1-10(31)30(29-19(33)34-20(2,3)4)11-5-6-12-13(9-11)35-18(27-12)15(16(25)32)17-26-8-7-14(28-17)21(22,23)24/h5-9,27H,1-4H3,(H2,25,32)(H,29,33). The smallest absolute Gasteiger partial charge is 0.433 e. The van der Waals surface area contributed by atoms with Crippen LogP contribution in [0.5, 0.6) is 0 Å². The Morgan fingerprint density at radius 1 is 1.17 bits per heavy atom. The molecule has 0 saturated carbocycles. The van der Waals surface area contributed by atoms with E-state index in [1.807, 2.05) is 0 Å². The Morgan fingerprint density at radius 3 is 2.43 bits per heavy atom. The molecule has 1 aromatic carbocycles. The van der Waals surface area contributed by atoms with Crippen LogP contribution in [0.15, 0.2) is 40.4 Å². The molecule has 10 nitrogen and oxygen atoms in total. The molecule has 1 aliphatic rings. The molecule has 0 aliphatic carbocycles. The highest BCUT2D eigenvalue weighted by Gasteiger charge is 2.34. The number of hydrogen-bond acceptors (Lipinski definition) is 8. The monoisotopic (exact) mass is 510 g/mol. The number of carbonyl (C=O) groups is 3. The van der Waals surface area contributed by atoms with Gasteiger partial charge < -0.3 is 15.8 Å². The van der Waals surface area contributed by atoms with Crippen molar-refractivity contribution in [2.24, 2.45) is 5.73 Å². The summed E-state index contributed by atoms with van der Waals surface area (Å²) < 4.78 is 44.4. The molecule has 2 aromatic rings.